The fourth-order valence-corrected chi connectivity index (χ4v) is 14.7. The van der Waals surface area contributed by atoms with Crippen LogP contribution in [0.5, 0.6) is 0 Å². The van der Waals surface area contributed by atoms with Crippen LogP contribution in [0.3, 0.4) is 0 Å². The minimum Gasteiger partial charge on any atom is -0.462 e. The summed E-state index contributed by atoms with van der Waals surface area (Å²) in [7, 11) is -9.92. The van der Waals surface area contributed by atoms with Gasteiger partial charge in [0.25, 0.3) is 0 Å². The quantitative estimate of drug-likeness (QED) is 0.0222. The summed E-state index contributed by atoms with van der Waals surface area (Å²) >= 11 is 0. The van der Waals surface area contributed by atoms with Crippen molar-refractivity contribution >= 4 is 39.5 Å². The summed E-state index contributed by atoms with van der Waals surface area (Å²) in [4.78, 5) is 73.1. The number of carbonyl (C=O) groups is 4. The molecule has 0 aromatic carbocycles. The highest BCUT2D eigenvalue weighted by Gasteiger charge is 2.30. The van der Waals surface area contributed by atoms with Gasteiger partial charge in [0.2, 0.25) is 0 Å². The number of hydrogen-bond donors (Lipinski definition) is 3. The molecule has 0 fully saturated rings. The van der Waals surface area contributed by atoms with E-state index in [2.05, 4.69) is 34.6 Å². The van der Waals surface area contributed by atoms with E-state index >= 15 is 0 Å². The van der Waals surface area contributed by atoms with E-state index in [0.717, 1.165) is 95.8 Å². The largest absolute Gasteiger partial charge is 0.472 e. The zero-order valence-corrected chi connectivity index (χ0v) is 69.3. The summed E-state index contributed by atoms with van der Waals surface area (Å²) in [5.41, 5.74) is 0. The molecule has 0 aliphatic rings. The molecule has 0 aromatic heterocycles. The third-order valence-electron chi connectivity index (χ3n) is 19.8. The Morgan fingerprint density at radius 1 is 0.262 bits per heavy atom. The SMILES string of the molecule is CCCCCCCCCCCCCCCCCCCCC(=O)OC[C@H](COP(=O)(O)OC[C@@H](O)COP(=O)(O)OC[C@@H](COC(=O)CCCCCCCCCC)OC(=O)CCCCCCCCCCCCCCCCCCCC)OC(=O)CCCCCCCCCCCCCCCCCCC(C)C. The van der Waals surface area contributed by atoms with E-state index in [0.29, 0.717) is 25.7 Å². The third kappa shape index (κ3) is 78.0. The second kappa shape index (κ2) is 76.8. The molecule has 0 heterocycles. The zero-order valence-electron chi connectivity index (χ0n) is 67.5. The van der Waals surface area contributed by atoms with Crippen LogP contribution in [0.25, 0.3) is 0 Å². The van der Waals surface area contributed by atoms with Gasteiger partial charge in [0.15, 0.2) is 12.2 Å². The molecule has 5 atom stereocenters. The van der Waals surface area contributed by atoms with Crippen molar-refractivity contribution in [3.8, 4) is 0 Å². The molecular formula is C84H164O17P2. The van der Waals surface area contributed by atoms with Crippen LogP contribution in [-0.2, 0) is 65.4 Å². The molecule has 2 unspecified atom stereocenters. The highest BCUT2D eigenvalue weighted by atomic mass is 31.2. The van der Waals surface area contributed by atoms with Gasteiger partial charge in [-0.1, -0.05) is 401 Å². The lowest BCUT2D eigenvalue weighted by Crippen LogP contribution is -2.30. The number of rotatable bonds is 84. The third-order valence-corrected chi connectivity index (χ3v) is 21.7. The maximum absolute atomic E-state index is 13.1. The van der Waals surface area contributed by atoms with Crippen molar-refractivity contribution in [1.82, 2.24) is 0 Å². The van der Waals surface area contributed by atoms with Crippen molar-refractivity contribution in [2.75, 3.05) is 39.6 Å². The summed E-state index contributed by atoms with van der Waals surface area (Å²) in [5.74, 6) is -1.30. The molecule has 0 aliphatic carbocycles. The molecule has 0 amide bonds. The van der Waals surface area contributed by atoms with Gasteiger partial charge in [-0.05, 0) is 31.6 Å². The number of esters is 4. The monoisotopic (exact) mass is 1510 g/mol. The molecular weight excluding hydrogens is 1340 g/mol. The summed E-state index contributed by atoms with van der Waals surface area (Å²) in [6.45, 7) is 7.36. The minimum atomic E-state index is -4.96. The number of phosphoric acid groups is 2. The second-order valence-electron chi connectivity index (χ2n) is 30.7. The van der Waals surface area contributed by atoms with Crippen LogP contribution in [0.4, 0.5) is 0 Å². The number of hydrogen-bond acceptors (Lipinski definition) is 15. The Kier molecular flexibility index (Phi) is 75.4. The fraction of sp³-hybridized carbons (Fsp3) is 0.952. The van der Waals surface area contributed by atoms with Crippen molar-refractivity contribution < 1.29 is 80.2 Å². The molecule has 103 heavy (non-hydrogen) atoms. The molecule has 0 saturated carbocycles. The van der Waals surface area contributed by atoms with Gasteiger partial charge in [0.1, 0.15) is 19.3 Å². The van der Waals surface area contributed by atoms with Crippen molar-refractivity contribution in [2.24, 2.45) is 5.92 Å². The number of carbonyl (C=O) groups excluding carboxylic acids is 4. The predicted octanol–water partition coefficient (Wildman–Crippen LogP) is 25.6. The molecule has 0 aromatic rings. The van der Waals surface area contributed by atoms with E-state index in [4.69, 9.17) is 37.0 Å². The first kappa shape index (κ1) is 101. The molecule has 0 saturated heterocycles. The number of aliphatic hydroxyl groups excluding tert-OH is 1. The van der Waals surface area contributed by atoms with Crippen molar-refractivity contribution in [3.63, 3.8) is 0 Å². The highest BCUT2D eigenvalue weighted by molar-refractivity contribution is 7.47. The van der Waals surface area contributed by atoms with E-state index in [9.17, 15) is 43.2 Å². The number of aliphatic hydroxyl groups is 1. The van der Waals surface area contributed by atoms with E-state index in [1.165, 1.54) is 276 Å². The maximum atomic E-state index is 13.1. The predicted molar refractivity (Wildman–Crippen MR) is 423 cm³/mol. The zero-order chi connectivity index (χ0) is 75.5. The molecule has 17 nitrogen and oxygen atoms in total. The van der Waals surface area contributed by atoms with E-state index < -0.39 is 97.5 Å². The average molecular weight is 1510 g/mol. The Morgan fingerprint density at radius 2 is 0.447 bits per heavy atom. The summed E-state index contributed by atoms with van der Waals surface area (Å²) < 4.78 is 68.8. The summed E-state index contributed by atoms with van der Waals surface area (Å²) in [6, 6.07) is 0. The lowest BCUT2D eigenvalue weighted by molar-refractivity contribution is -0.161. The Labute approximate surface area is 632 Å². The normalized spacial score (nSPS) is 13.8. The first-order valence-electron chi connectivity index (χ1n) is 43.6. The Hall–Kier alpha value is -1.94. The van der Waals surface area contributed by atoms with Gasteiger partial charge >= 0.3 is 39.5 Å². The van der Waals surface area contributed by atoms with Crippen LogP contribution < -0.4 is 0 Å². The van der Waals surface area contributed by atoms with E-state index in [1.54, 1.807) is 0 Å². The molecule has 0 rings (SSSR count). The summed E-state index contributed by atoms with van der Waals surface area (Å²) in [5, 5.41) is 10.7. The maximum Gasteiger partial charge on any atom is 0.472 e. The molecule has 0 bridgehead atoms. The molecule has 612 valence electrons. The van der Waals surface area contributed by atoms with E-state index in [1.807, 2.05) is 0 Å². The summed E-state index contributed by atoms with van der Waals surface area (Å²) in [6.07, 6.45) is 69.5. The number of unbranched alkanes of at least 4 members (excludes halogenated alkanes) is 56. The lowest BCUT2D eigenvalue weighted by atomic mass is 10.0. The molecule has 3 N–H and O–H groups in total. The van der Waals surface area contributed by atoms with Crippen LogP contribution in [0.1, 0.15) is 452 Å². The van der Waals surface area contributed by atoms with Crippen molar-refractivity contribution in [3.05, 3.63) is 0 Å². The Bertz CT molecular complexity index is 1960. The molecule has 0 radical (unpaired) electrons. The van der Waals surface area contributed by atoms with E-state index in [-0.39, 0.29) is 25.7 Å². The van der Waals surface area contributed by atoms with Gasteiger partial charge < -0.3 is 33.8 Å². The van der Waals surface area contributed by atoms with Gasteiger partial charge in [-0.25, -0.2) is 9.13 Å². The van der Waals surface area contributed by atoms with Crippen LogP contribution in [0.2, 0.25) is 0 Å². The Morgan fingerprint density at radius 3 is 0.660 bits per heavy atom. The molecule has 0 spiro atoms. The first-order chi connectivity index (χ1) is 50.0. The topological polar surface area (TPSA) is 237 Å². The minimum absolute atomic E-state index is 0.109. The fourth-order valence-electron chi connectivity index (χ4n) is 13.1. The Balaban J connectivity index is 5.19. The lowest BCUT2D eigenvalue weighted by Gasteiger charge is -2.21. The second-order valence-corrected chi connectivity index (χ2v) is 33.6. The number of ether oxygens (including phenoxy) is 4. The molecule has 19 heteroatoms. The van der Waals surface area contributed by atoms with Gasteiger partial charge in [0.05, 0.1) is 26.4 Å². The van der Waals surface area contributed by atoms with Gasteiger partial charge in [-0.15, -0.1) is 0 Å². The van der Waals surface area contributed by atoms with Gasteiger partial charge in [0, 0.05) is 25.7 Å². The average Bonchev–Trinajstić information content (AvgIpc) is 0.913. The van der Waals surface area contributed by atoms with Crippen molar-refractivity contribution in [2.45, 2.75) is 470 Å². The van der Waals surface area contributed by atoms with Crippen LogP contribution in [0.15, 0.2) is 0 Å². The number of phosphoric ester groups is 2. The van der Waals surface area contributed by atoms with Gasteiger partial charge in [-0.3, -0.25) is 37.3 Å². The standard InChI is InChI=1S/C84H164O17P2/c1-6-9-12-15-18-21-23-25-27-29-31-36-40-44-48-53-58-63-68-82(87)95-74-80(101-84(89)70-65-60-55-50-46-42-38-34-33-35-39-43-47-51-56-61-66-77(4)5)76-99-103(92,93)97-72-78(85)71-96-102(90,91)98-75-79(73-94-81(86)67-62-57-52-20-17-14-11-8-3)100-83(88)69-64-59-54-49-45-41-37-32-30-28-26-24-22-19-16-13-10-7-2/h77-80,85H,6-76H2,1-5H3,(H,90,91)(H,92,93)/t78-,79+,80+/m0/s1. The van der Waals surface area contributed by atoms with Crippen LogP contribution in [-0.4, -0.2) is 96.7 Å². The first-order valence-corrected chi connectivity index (χ1v) is 46.6. The van der Waals surface area contributed by atoms with Crippen LogP contribution >= 0.6 is 15.6 Å². The highest BCUT2D eigenvalue weighted by Crippen LogP contribution is 2.45. The smallest absolute Gasteiger partial charge is 0.462 e. The molecule has 0 aliphatic heterocycles. The van der Waals surface area contributed by atoms with Gasteiger partial charge in [-0.2, -0.15) is 0 Å². The van der Waals surface area contributed by atoms with Crippen LogP contribution in [0, 0.1) is 5.92 Å². The van der Waals surface area contributed by atoms with Crippen molar-refractivity contribution in [1.29, 1.82) is 0 Å².